The van der Waals surface area contributed by atoms with Crippen LogP contribution in [0.15, 0.2) is 36.7 Å². The maximum absolute atomic E-state index is 6.12. The Morgan fingerprint density at radius 2 is 1.62 bits per heavy atom. The maximum atomic E-state index is 6.12. The number of H-pyrrole nitrogens is 1. The third-order valence-corrected chi connectivity index (χ3v) is 5.98. The van der Waals surface area contributed by atoms with Crippen molar-refractivity contribution in [2.45, 2.75) is 63.6 Å². The first-order valence-corrected chi connectivity index (χ1v) is 8.80. The molecule has 2 fully saturated rings. The Kier molecular flexibility index (Phi) is 3.62. The van der Waals surface area contributed by atoms with E-state index in [0.29, 0.717) is 11.8 Å². The second kappa shape index (κ2) is 5.46. The Balaban J connectivity index is 1.41. The van der Waals surface area contributed by atoms with Crippen LogP contribution in [0.25, 0.3) is 0 Å². The third kappa shape index (κ3) is 2.60. The molecule has 0 spiro atoms. The number of nitrogens with zero attached hydrogens (tertiary/aromatic N) is 1. The molecule has 2 heterocycles. The van der Waals surface area contributed by atoms with Crippen molar-refractivity contribution < 1.29 is 9.31 Å². The Labute approximate surface area is 144 Å². The summed E-state index contributed by atoms with van der Waals surface area (Å²) in [7, 11) is -0.277. The molecule has 24 heavy (non-hydrogen) atoms. The second-order valence-corrected chi connectivity index (χ2v) is 8.09. The van der Waals surface area contributed by atoms with Crippen LogP contribution < -0.4 is 5.46 Å². The van der Waals surface area contributed by atoms with Gasteiger partial charge in [0.1, 0.15) is 5.82 Å². The minimum absolute atomic E-state index is 0.277. The summed E-state index contributed by atoms with van der Waals surface area (Å²) >= 11 is 0. The lowest BCUT2D eigenvalue weighted by molar-refractivity contribution is 0.00578. The van der Waals surface area contributed by atoms with E-state index in [1.54, 1.807) is 0 Å². The van der Waals surface area contributed by atoms with Gasteiger partial charge in [0.2, 0.25) is 0 Å². The molecular formula is C19H25BN2O2. The van der Waals surface area contributed by atoms with Gasteiger partial charge in [-0.25, -0.2) is 4.98 Å². The second-order valence-electron chi connectivity index (χ2n) is 8.09. The van der Waals surface area contributed by atoms with Crippen LogP contribution in [0.3, 0.4) is 0 Å². The van der Waals surface area contributed by atoms with Crippen LogP contribution in [-0.4, -0.2) is 28.3 Å². The molecule has 0 amide bonds. The molecule has 5 heteroatoms. The van der Waals surface area contributed by atoms with Gasteiger partial charge in [-0.15, -0.1) is 0 Å². The Hall–Kier alpha value is -1.59. The minimum Gasteiger partial charge on any atom is -0.399 e. The monoisotopic (exact) mass is 324 g/mol. The predicted octanol–water partition coefficient (Wildman–Crippen LogP) is 3.37. The van der Waals surface area contributed by atoms with Crippen molar-refractivity contribution in [2.75, 3.05) is 0 Å². The van der Waals surface area contributed by atoms with Gasteiger partial charge < -0.3 is 14.3 Å². The molecular weight excluding hydrogens is 299 g/mol. The molecule has 1 aliphatic carbocycles. The summed E-state index contributed by atoms with van der Waals surface area (Å²) in [5.41, 5.74) is 1.92. The highest BCUT2D eigenvalue weighted by atomic mass is 16.7. The highest BCUT2D eigenvalue weighted by Crippen LogP contribution is 2.46. The SMILES string of the molecule is CC1(C)OB(c2ccc(C3CC(c4ncc[nH]4)C3)cc2)OC1(C)C. The van der Waals surface area contributed by atoms with Gasteiger partial charge in [0.15, 0.2) is 0 Å². The van der Waals surface area contributed by atoms with Crippen LogP contribution in [-0.2, 0) is 9.31 Å². The van der Waals surface area contributed by atoms with Gasteiger partial charge in [0.25, 0.3) is 0 Å². The molecule has 4 nitrogen and oxygen atoms in total. The molecule has 1 saturated heterocycles. The zero-order valence-corrected chi connectivity index (χ0v) is 14.9. The van der Waals surface area contributed by atoms with Crippen molar-refractivity contribution in [3.05, 3.63) is 48.0 Å². The maximum Gasteiger partial charge on any atom is 0.494 e. The normalized spacial score (nSPS) is 27.9. The summed E-state index contributed by atoms with van der Waals surface area (Å²) in [5.74, 6) is 2.33. The van der Waals surface area contributed by atoms with E-state index in [1.807, 2.05) is 12.4 Å². The van der Waals surface area contributed by atoms with Gasteiger partial charge in [-0.2, -0.15) is 0 Å². The van der Waals surface area contributed by atoms with E-state index in [1.165, 1.54) is 18.4 Å². The van der Waals surface area contributed by atoms with Gasteiger partial charge in [0, 0.05) is 18.3 Å². The average Bonchev–Trinajstić information content (AvgIpc) is 3.05. The molecule has 1 saturated carbocycles. The first-order valence-electron chi connectivity index (χ1n) is 8.80. The lowest BCUT2D eigenvalue weighted by atomic mass is 9.70. The Morgan fingerprint density at radius 1 is 1.00 bits per heavy atom. The number of hydrogen-bond donors (Lipinski definition) is 1. The highest BCUT2D eigenvalue weighted by molar-refractivity contribution is 6.62. The smallest absolute Gasteiger partial charge is 0.399 e. The molecule has 1 N–H and O–H groups in total. The largest absolute Gasteiger partial charge is 0.494 e. The summed E-state index contributed by atoms with van der Waals surface area (Å²) in [6.45, 7) is 8.35. The van der Waals surface area contributed by atoms with E-state index in [2.05, 4.69) is 61.9 Å². The summed E-state index contributed by atoms with van der Waals surface area (Å²) < 4.78 is 12.2. The van der Waals surface area contributed by atoms with E-state index in [4.69, 9.17) is 9.31 Å². The van der Waals surface area contributed by atoms with Crippen LogP contribution in [0.2, 0.25) is 0 Å². The fourth-order valence-electron chi connectivity index (χ4n) is 3.52. The quantitative estimate of drug-likeness (QED) is 0.881. The van der Waals surface area contributed by atoms with Gasteiger partial charge >= 0.3 is 7.12 Å². The zero-order chi connectivity index (χ0) is 16.9. The van der Waals surface area contributed by atoms with Crippen molar-refractivity contribution in [3.63, 3.8) is 0 Å². The van der Waals surface area contributed by atoms with E-state index < -0.39 is 0 Å². The van der Waals surface area contributed by atoms with Crippen molar-refractivity contribution in [3.8, 4) is 0 Å². The average molecular weight is 324 g/mol. The number of imidazole rings is 1. The van der Waals surface area contributed by atoms with Crippen molar-refractivity contribution in [2.24, 2.45) is 0 Å². The van der Waals surface area contributed by atoms with Gasteiger partial charge in [0.05, 0.1) is 11.2 Å². The van der Waals surface area contributed by atoms with Gasteiger partial charge in [-0.1, -0.05) is 24.3 Å². The molecule has 0 bridgehead atoms. The van der Waals surface area contributed by atoms with E-state index >= 15 is 0 Å². The van der Waals surface area contributed by atoms with Crippen molar-refractivity contribution in [1.82, 2.24) is 9.97 Å². The van der Waals surface area contributed by atoms with Crippen molar-refractivity contribution in [1.29, 1.82) is 0 Å². The Morgan fingerprint density at radius 3 is 2.17 bits per heavy atom. The number of benzene rings is 1. The zero-order valence-electron chi connectivity index (χ0n) is 14.9. The lowest BCUT2D eigenvalue weighted by Gasteiger charge is -2.34. The van der Waals surface area contributed by atoms with E-state index in [0.717, 1.165) is 11.3 Å². The summed E-state index contributed by atoms with van der Waals surface area (Å²) in [6, 6.07) is 8.75. The van der Waals surface area contributed by atoms with Crippen LogP contribution in [0.5, 0.6) is 0 Å². The predicted molar refractivity (Wildman–Crippen MR) is 95.5 cm³/mol. The van der Waals surface area contributed by atoms with Crippen LogP contribution in [0, 0.1) is 0 Å². The molecule has 1 aromatic heterocycles. The van der Waals surface area contributed by atoms with Crippen LogP contribution >= 0.6 is 0 Å². The first-order chi connectivity index (χ1) is 11.4. The summed E-state index contributed by atoms with van der Waals surface area (Å²) in [4.78, 5) is 7.60. The molecule has 4 rings (SSSR count). The van der Waals surface area contributed by atoms with Gasteiger partial charge in [-0.3, -0.25) is 0 Å². The number of rotatable bonds is 3. The molecule has 0 unspecified atom stereocenters. The molecule has 1 aliphatic heterocycles. The number of aromatic amines is 1. The highest BCUT2D eigenvalue weighted by Gasteiger charge is 2.51. The minimum atomic E-state index is -0.291. The molecule has 2 aromatic rings. The lowest BCUT2D eigenvalue weighted by Crippen LogP contribution is -2.41. The first kappa shape index (κ1) is 15.9. The topological polar surface area (TPSA) is 47.1 Å². The molecule has 2 aliphatic rings. The molecule has 126 valence electrons. The number of aromatic nitrogens is 2. The van der Waals surface area contributed by atoms with Crippen LogP contribution in [0.4, 0.5) is 0 Å². The van der Waals surface area contributed by atoms with Crippen molar-refractivity contribution >= 4 is 12.6 Å². The van der Waals surface area contributed by atoms with Crippen LogP contribution in [0.1, 0.15) is 63.8 Å². The third-order valence-electron chi connectivity index (χ3n) is 5.98. The fraction of sp³-hybridized carbons (Fsp3) is 0.526. The Bertz CT molecular complexity index is 687. The van der Waals surface area contributed by atoms with E-state index in [-0.39, 0.29) is 18.3 Å². The summed E-state index contributed by atoms with van der Waals surface area (Å²) in [6.07, 6.45) is 6.08. The number of nitrogens with one attached hydrogen (secondary N) is 1. The molecule has 1 aromatic carbocycles. The summed E-state index contributed by atoms with van der Waals surface area (Å²) in [5, 5.41) is 0. The number of hydrogen-bond acceptors (Lipinski definition) is 3. The standard InChI is InChI=1S/C19H25BN2O2/c1-18(2)19(3,4)24-20(23-18)16-7-5-13(6-8-16)14-11-15(12-14)17-21-9-10-22-17/h5-10,14-15H,11-12H2,1-4H3,(H,21,22). The van der Waals surface area contributed by atoms with E-state index in [9.17, 15) is 0 Å². The molecule has 0 atom stereocenters. The van der Waals surface area contributed by atoms with Gasteiger partial charge in [-0.05, 0) is 57.5 Å². The fourth-order valence-corrected chi connectivity index (χ4v) is 3.52. The molecule has 0 radical (unpaired) electrons.